The molecule has 0 radical (unpaired) electrons. The highest BCUT2D eigenvalue weighted by Crippen LogP contribution is 2.45. The highest BCUT2D eigenvalue weighted by molar-refractivity contribution is 6.11. The van der Waals surface area contributed by atoms with Crippen LogP contribution in [0.3, 0.4) is 0 Å². The molecule has 0 saturated carbocycles. The molecule has 0 unspecified atom stereocenters. The summed E-state index contributed by atoms with van der Waals surface area (Å²) in [5.41, 5.74) is 3.02. The molecule has 0 heterocycles. The summed E-state index contributed by atoms with van der Waals surface area (Å²) in [7, 11) is 1.73. The van der Waals surface area contributed by atoms with Crippen LogP contribution in [0.4, 0.5) is 5.69 Å². The maximum Gasteiger partial charge on any atom is 0.188 e. The van der Waals surface area contributed by atoms with Gasteiger partial charge in [-0.2, -0.15) is 0 Å². The largest absolute Gasteiger partial charge is 0.496 e. The third-order valence-corrected chi connectivity index (χ3v) is 5.56. The van der Waals surface area contributed by atoms with E-state index < -0.39 is 0 Å². The highest BCUT2D eigenvalue weighted by Gasteiger charge is 2.18. The highest BCUT2D eigenvalue weighted by atomic mass is 16.5. The number of aliphatic imine (C=N–C) groups is 1. The van der Waals surface area contributed by atoms with E-state index in [0.717, 1.165) is 52.1 Å². The van der Waals surface area contributed by atoms with Crippen molar-refractivity contribution in [1.82, 2.24) is 0 Å². The molecule has 0 atom stereocenters. The van der Waals surface area contributed by atoms with Crippen molar-refractivity contribution in [3.63, 3.8) is 0 Å². The fourth-order valence-corrected chi connectivity index (χ4v) is 4.04. The summed E-state index contributed by atoms with van der Waals surface area (Å²) in [5.74, 6) is 1.59. The minimum atomic E-state index is 0.524. The molecule has 3 heteroatoms. The molecule has 0 aliphatic carbocycles. The van der Waals surface area contributed by atoms with Gasteiger partial charge in [-0.3, -0.25) is 0 Å². The van der Waals surface area contributed by atoms with E-state index in [1.165, 1.54) is 10.8 Å². The quantitative estimate of drug-likeness (QED) is 0.171. The first-order valence-corrected chi connectivity index (χ1v) is 11.2. The average Bonchev–Trinajstić information content (AvgIpc) is 2.83. The summed E-state index contributed by atoms with van der Waals surface area (Å²) < 4.78 is 11.9. The van der Waals surface area contributed by atoms with E-state index in [-0.39, 0.29) is 0 Å². The topological polar surface area (TPSA) is 30.8 Å². The van der Waals surface area contributed by atoms with Crippen molar-refractivity contribution in [2.45, 2.75) is 26.7 Å². The van der Waals surface area contributed by atoms with E-state index in [1.807, 2.05) is 25.1 Å². The first kappa shape index (κ1) is 21.6. The SMILES string of the molecule is C/C=C/COC(CCC)=Nc1ccc2ccccc2c1-c1c(OC)ccc2ccccc12. The predicted molar refractivity (Wildman–Crippen MR) is 136 cm³/mol. The van der Waals surface area contributed by atoms with Crippen LogP contribution in [0.25, 0.3) is 32.7 Å². The second kappa shape index (κ2) is 10.1. The van der Waals surface area contributed by atoms with Gasteiger partial charge in [-0.1, -0.05) is 79.7 Å². The molecule has 32 heavy (non-hydrogen) atoms. The van der Waals surface area contributed by atoms with Gasteiger partial charge in [0.1, 0.15) is 12.4 Å². The van der Waals surface area contributed by atoms with Crippen LogP contribution in [0, 0.1) is 0 Å². The summed E-state index contributed by atoms with van der Waals surface area (Å²) in [6.07, 6.45) is 5.75. The third kappa shape index (κ3) is 4.38. The van der Waals surface area contributed by atoms with Crippen molar-refractivity contribution in [3.05, 3.63) is 84.9 Å². The molecular weight excluding hydrogens is 394 g/mol. The van der Waals surface area contributed by atoms with Crippen molar-refractivity contribution < 1.29 is 9.47 Å². The van der Waals surface area contributed by atoms with E-state index in [4.69, 9.17) is 14.5 Å². The Balaban J connectivity index is 2.03. The Labute approximate surface area is 190 Å². The molecule has 0 amide bonds. The Kier molecular flexibility index (Phi) is 6.86. The smallest absolute Gasteiger partial charge is 0.188 e. The van der Waals surface area contributed by atoms with E-state index in [0.29, 0.717) is 6.61 Å². The zero-order valence-corrected chi connectivity index (χ0v) is 19.0. The monoisotopic (exact) mass is 423 g/mol. The summed E-state index contributed by atoms with van der Waals surface area (Å²) in [6, 6.07) is 25.2. The van der Waals surface area contributed by atoms with Crippen molar-refractivity contribution in [2.75, 3.05) is 13.7 Å². The van der Waals surface area contributed by atoms with Crippen molar-refractivity contribution >= 4 is 33.1 Å². The molecule has 0 aliphatic rings. The van der Waals surface area contributed by atoms with Gasteiger partial charge in [0.2, 0.25) is 0 Å². The fraction of sp³-hybridized carbons (Fsp3) is 0.207. The van der Waals surface area contributed by atoms with Gasteiger partial charge in [-0.25, -0.2) is 4.99 Å². The molecule has 162 valence electrons. The van der Waals surface area contributed by atoms with Gasteiger partial charge in [0.05, 0.1) is 12.8 Å². The summed E-state index contributed by atoms with van der Waals surface area (Å²) in [4.78, 5) is 5.03. The lowest BCUT2D eigenvalue weighted by Gasteiger charge is -2.17. The molecule has 0 saturated heterocycles. The van der Waals surface area contributed by atoms with Crippen molar-refractivity contribution in [3.8, 4) is 16.9 Å². The first-order chi connectivity index (χ1) is 15.8. The number of methoxy groups -OCH3 is 1. The van der Waals surface area contributed by atoms with E-state index in [9.17, 15) is 0 Å². The Morgan fingerprint density at radius 1 is 0.844 bits per heavy atom. The van der Waals surface area contributed by atoms with E-state index in [2.05, 4.69) is 73.7 Å². The second-order valence-electron chi connectivity index (χ2n) is 7.68. The zero-order valence-electron chi connectivity index (χ0n) is 19.0. The van der Waals surface area contributed by atoms with Gasteiger partial charge in [0, 0.05) is 17.5 Å². The second-order valence-corrected chi connectivity index (χ2v) is 7.68. The summed E-state index contributed by atoms with van der Waals surface area (Å²) in [5, 5.41) is 4.63. The Morgan fingerprint density at radius 2 is 1.50 bits per heavy atom. The summed E-state index contributed by atoms with van der Waals surface area (Å²) in [6.45, 7) is 4.66. The molecule has 0 fully saturated rings. The van der Waals surface area contributed by atoms with E-state index >= 15 is 0 Å². The number of benzene rings is 4. The van der Waals surface area contributed by atoms with Crippen LogP contribution in [0.5, 0.6) is 5.75 Å². The molecule has 0 aliphatic heterocycles. The lowest BCUT2D eigenvalue weighted by molar-refractivity contribution is 0.339. The maximum absolute atomic E-state index is 6.01. The fourth-order valence-electron chi connectivity index (χ4n) is 4.04. The molecule has 0 aromatic heterocycles. The Bertz CT molecular complexity index is 1290. The standard InChI is InChI=1S/C29H29NO2/c1-4-6-20-32-27(11-5-2)30-25-18-16-21-12-7-9-14-23(21)28(25)29-24-15-10-8-13-22(24)17-19-26(29)31-3/h4,6-10,12-19H,5,11,20H2,1-3H3/b6-4+,30-27?. The molecule has 4 aromatic carbocycles. The number of hydrogen-bond donors (Lipinski definition) is 0. The van der Waals surface area contributed by atoms with Gasteiger partial charge in [0.25, 0.3) is 0 Å². The molecule has 4 rings (SSSR count). The molecule has 3 nitrogen and oxygen atoms in total. The average molecular weight is 424 g/mol. The van der Waals surface area contributed by atoms with Crippen LogP contribution in [-0.2, 0) is 4.74 Å². The van der Waals surface area contributed by atoms with Crippen molar-refractivity contribution in [2.24, 2.45) is 4.99 Å². The van der Waals surface area contributed by atoms with E-state index in [1.54, 1.807) is 7.11 Å². The Hall–Kier alpha value is -3.59. The Morgan fingerprint density at radius 3 is 2.16 bits per heavy atom. The summed E-state index contributed by atoms with van der Waals surface area (Å²) >= 11 is 0. The number of nitrogens with zero attached hydrogens (tertiary/aromatic N) is 1. The zero-order chi connectivity index (χ0) is 22.3. The number of rotatable bonds is 7. The lowest BCUT2D eigenvalue weighted by Crippen LogP contribution is -2.04. The molecular formula is C29H29NO2. The van der Waals surface area contributed by atoms with Crippen LogP contribution in [0.1, 0.15) is 26.7 Å². The normalized spacial score (nSPS) is 12.0. The maximum atomic E-state index is 6.01. The number of fused-ring (bicyclic) bond motifs is 2. The molecule has 0 spiro atoms. The van der Waals surface area contributed by atoms with Gasteiger partial charge in [-0.15, -0.1) is 0 Å². The van der Waals surface area contributed by atoms with Crippen LogP contribution in [-0.4, -0.2) is 19.6 Å². The number of hydrogen-bond acceptors (Lipinski definition) is 3. The molecule has 0 bridgehead atoms. The molecule has 4 aromatic rings. The minimum absolute atomic E-state index is 0.524. The minimum Gasteiger partial charge on any atom is -0.496 e. The van der Waals surface area contributed by atoms with Crippen molar-refractivity contribution in [1.29, 1.82) is 0 Å². The third-order valence-electron chi connectivity index (χ3n) is 5.56. The van der Waals surface area contributed by atoms with Crippen LogP contribution < -0.4 is 4.74 Å². The van der Waals surface area contributed by atoms with Crippen LogP contribution in [0.2, 0.25) is 0 Å². The number of allylic oxidation sites excluding steroid dienone is 1. The number of ether oxygens (including phenoxy) is 2. The van der Waals surface area contributed by atoms with Gasteiger partial charge in [0.15, 0.2) is 5.90 Å². The van der Waals surface area contributed by atoms with Crippen LogP contribution >= 0.6 is 0 Å². The first-order valence-electron chi connectivity index (χ1n) is 11.2. The predicted octanol–water partition coefficient (Wildman–Crippen LogP) is 8.09. The van der Waals surface area contributed by atoms with Crippen LogP contribution in [0.15, 0.2) is 89.9 Å². The molecule has 0 N–H and O–H groups in total. The lowest BCUT2D eigenvalue weighted by atomic mass is 9.91. The van der Waals surface area contributed by atoms with Gasteiger partial charge in [-0.05, 0) is 47.0 Å². The van der Waals surface area contributed by atoms with Gasteiger partial charge < -0.3 is 9.47 Å². The van der Waals surface area contributed by atoms with Gasteiger partial charge >= 0.3 is 0 Å².